The molecule has 1 amide bonds. The highest BCUT2D eigenvalue weighted by molar-refractivity contribution is 8.26. The van der Waals surface area contributed by atoms with Gasteiger partial charge in [-0.25, -0.2) is 0 Å². The molecule has 0 spiro atoms. The van der Waals surface area contributed by atoms with Crippen molar-refractivity contribution < 1.29 is 4.79 Å². The number of carbonyl (C=O) groups excluding carboxylic acids is 1. The average Bonchev–Trinajstić information content (AvgIpc) is 2.95. The summed E-state index contributed by atoms with van der Waals surface area (Å²) in [6, 6.07) is 8.43. The molecule has 0 radical (unpaired) electrons. The number of thioether (sulfide) groups is 1. The molecule has 1 saturated heterocycles. The van der Waals surface area contributed by atoms with Crippen LogP contribution in [-0.4, -0.2) is 20.0 Å². The van der Waals surface area contributed by atoms with Gasteiger partial charge in [0.25, 0.3) is 5.91 Å². The van der Waals surface area contributed by atoms with Crippen LogP contribution in [0.15, 0.2) is 29.2 Å². The minimum Gasteiger partial charge on any atom is -0.307 e. The Morgan fingerprint density at radius 1 is 1.26 bits per heavy atom. The molecule has 2 aromatic rings. The summed E-state index contributed by atoms with van der Waals surface area (Å²) in [5.41, 5.74) is 5.39. The molecule has 1 aliphatic rings. The lowest BCUT2D eigenvalue weighted by atomic mass is 10.1. The van der Waals surface area contributed by atoms with Crippen LogP contribution in [0.1, 0.15) is 28.1 Å². The molecule has 1 aromatic carbocycles. The van der Waals surface area contributed by atoms with E-state index >= 15 is 0 Å². The van der Waals surface area contributed by atoms with Crippen LogP contribution in [0.3, 0.4) is 0 Å². The Labute approximate surface area is 145 Å². The molecule has 4 nitrogen and oxygen atoms in total. The Morgan fingerprint density at radius 2 is 1.96 bits per heavy atom. The summed E-state index contributed by atoms with van der Waals surface area (Å²) in [6.07, 6.45) is 1.88. The third-order valence-corrected chi connectivity index (χ3v) is 4.97. The topological polar surface area (TPSA) is 46.9 Å². The van der Waals surface area contributed by atoms with Gasteiger partial charge in [-0.3, -0.25) is 9.48 Å². The number of rotatable bonds is 3. The van der Waals surface area contributed by atoms with Gasteiger partial charge in [0.15, 0.2) is 0 Å². The van der Waals surface area contributed by atoms with E-state index in [1.807, 2.05) is 24.6 Å². The van der Waals surface area contributed by atoms with Crippen molar-refractivity contribution in [3.63, 3.8) is 0 Å². The average molecular weight is 343 g/mol. The highest BCUT2D eigenvalue weighted by Gasteiger charge is 2.23. The van der Waals surface area contributed by atoms with Gasteiger partial charge in [-0.2, -0.15) is 5.10 Å². The molecule has 6 heteroatoms. The van der Waals surface area contributed by atoms with E-state index in [9.17, 15) is 4.79 Å². The molecule has 118 valence electrons. The lowest BCUT2D eigenvalue weighted by molar-refractivity contribution is -0.115. The summed E-state index contributed by atoms with van der Waals surface area (Å²) >= 11 is 6.32. The van der Waals surface area contributed by atoms with Crippen molar-refractivity contribution >= 4 is 40.3 Å². The van der Waals surface area contributed by atoms with Crippen LogP contribution in [-0.2, 0) is 11.3 Å². The molecular weight excluding hydrogens is 326 g/mol. The number of thiocarbonyl (C=S) groups is 1. The van der Waals surface area contributed by atoms with Crippen LogP contribution in [0.2, 0.25) is 0 Å². The molecule has 1 aromatic heterocycles. The number of benzene rings is 1. The first-order valence-electron chi connectivity index (χ1n) is 7.28. The van der Waals surface area contributed by atoms with E-state index in [1.165, 1.54) is 22.9 Å². The van der Waals surface area contributed by atoms with Gasteiger partial charge < -0.3 is 5.32 Å². The van der Waals surface area contributed by atoms with E-state index in [-0.39, 0.29) is 5.91 Å². The zero-order valence-corrected chi connectivity index (χ0v) is 14.8. The van der Waals surface area contributed by atoms with E-state index in [1.54, 1.807) is 0 Å². The minimum atomic E-state index is -0.134. The lowest BCUT2D eigenvalue weighted by Crippen LogP contribution is -2.17. The molecule has 2 heterocycles. The second kappa shape index (κ2) is 6.29. The second-order valence-electron chi connectivity index (χ2n) is 5.58. The predicted octanol–water partition coefficient (Wildman–Crippen LogP) is 3.35. The Hall–Kier alpha value is -1.92. The van der Waals surface area contributed by atoms with Gasteiger partial charge in [0.1, 0.15) is 4.32 Å². The number of carbonyl (C=O) groups is 1. The van der Waals surface area contributed by atoms with Crippen LogP contribution in [0, 0.1) is 20.8 Å². The van der Waals surface area contributed by atoms with Crippen molar-refractivity contribution in [2.45, 2.75) is 27.3 Å². The largest absolute Gasteiger partial charge is 0.307 e. The van der Waals surface area contributed by atoms with Crippen LogP contribution in [0.5, 0.6) is 0 Å². The van der Waals surface area contributed by atoms with E-state index in [2.05, 4.69) is 41.6 Å². The molecule has 1 fully saturated rings. The minimum absolute atomic E-state index is 0.134. The van der Waals surface area contributed by atoms with Crippen LogP contribution >= 0.6 is 24.0 Å². The van der Waals surface area contributed by atoms with Crippen LogP contribution in [0.4, 0.5) is 0 Å². The first kappa shape index (κ1) is 16.0. The first-order valence-corrected chi connectivity index (χ1v) is 8.51. The standard InChI is InChI=1S/C17H17N3OS2/c1-10-4-6-13(7-5-10)9-20-12(3)14(11(2)19-20)8-15-16(21)18-17(22)23-15/h4-8H,9H2,1-3H3,(H,18,21,22)/b15-8-. The van der Waals surface area contributed by atoms with Crippen molar-refractivity contribution in [2.24, 2.45) is 0 Å². The number of hydrogen-bond acceptors (Lipinski definition) is 4. The van der Waals surface area contributed by atoms with Gasteiger partial charge in [0.05, 0.1) is 17.1 Å². The molecule has 3 rings (SSSR count). The maximum absolute atomic E-state index is 11.8. The van der Waals surface area contributed by atoms with Gasteiger partial charge in [0, 0.05) is 11.3 Å². The summed E-state index contributed by atoms with van der Waals surface area (Å²) in [5, 5.41) is 7.25. The Bertz CT molecular complexity index is 819. The maximum atomic E-state index is 11.8. The molecular formula is C17H17N3OS2. The zero-order chi connectivity index (χ0) is 16.6. The fraction of sp³-hybridized carbons (Fsp3) is 0.235. The third kappa shape index (κ3) is 3.38. The predicted molar refractivity (Wildman–Crippen MR) is 98.3 cm³/mol. The molecule has 1 N–H and O–H groups in total. The van der Waals surface area contributed by atoms with Gasteiger partial charge in [0.2, 0.25) is 0 Å². The highest BCUT2D eigenvalue weighted by Crippen LogP contribution is 2.28. The van der Waals surface area contributed by atoms with E-state index in [0.717, 1.165) is 17.0 Å². The van der Waals surface area contributed by atoms with Crippen molar-refractivity contribution in [1.29, 1.82) is 0 Å². The number of amides is 1. The van der Waals surface area contributed by atoms with Gasteiger partial charge in [-0.05, 0) is 32.4 Å². The summed E-state index contributed by atoms with van der Waals surface area (Å²) in [7, 11) is 0. The van der Waals surface area contributed by atoms with E-state index < -0.39 is 0 Å². The number of hydrogen-bond donors (Lipinski definition) is 1. The van der Waals surface area contributed by atoms with Gasteiger partial charge >= 0.3 is 0 Å². The fourth-order valence-corrected chi connectivity index (χ4v) is 3.52. The van der Waals surface area contributed by atoms with Gasteiger partial charge in [-0.15, -0.1) is 0 Å². The smallest absolute Gasteiger partial charge is 0.263 e. The Morgan fingerprint density at radius 3 is 2.57 bits per heavy atom. The van der Waals surface area contributed by atoms with Gasteiger partial charge in [-0.1, -0.05) is 53.8 Å². The summed E-state index contributed by atoms with van der Waals surface area (Å²) in [4.78, 5) is 12.4. The number of aromatic nitrogens is 2. The second-order valence-corrected chi connectivity index (χ2v) is 7.30. The molecule has 0 aliphatic carbocycles. The quantitative estimate of drug-likeness (QED) is 0.686. The van der Waals surface area contributed by atoms with Crippen LogP contribution in [0.25, 0.3) is 6.08 Å². The lowest BCUT2D eigenvalue weighted by Gasteiger charge is -2.05. The summed E-state index contributed by atoms with van der Waals surface area (Å²) in [6.45, 7) is 6.78. The monoisotopic (exact) mass is 343 g/mol. The molecule has 0 bridgehead atoms. The molecule has 23 heavy (non-hydrogen) atoms. The fourth-order valence-electron chi connectivity index (χ4n) is 2.49. The molecule has 0 unspecified atom stereocenters. The van der Waals surface area contributed by atoms with Crippen molar-refractivity contribution in [3.8, 4) is 0 Å². The van der Waals surface area contributed by atoms with E-state index in [4.69, 9.17) is 12.2 Å². The normalized spacial score (nSPS) is 16.2. The summed E-state index contributed by atoms with van der Waals surface area (Å²) < 4.78 is 2.48. The Kier molecular flexibility index (Phi) is 4.37. The summed E-state index contributed by atoms with van der Waals surface area (Å²) in [5.74, 6) is -0.134. The first-order chi connectivity index (χ1) is 10.9. The third-order valence-electron chi connectivity index (χ3n) is 3.81. The number of aryl methyl sites for hydroxylation is 2. The number of nitrogens with one attached hydrogen (secondary N) is 1. The number of nitrogens with zero attached hydrogens (tertiary/aromatic N) is 2. The molecule has 1 aliphatic heterocycles. The molecule has 0 saturated carbocycles. The van der Waals surface area contributed by atoms with Crippen molar-refractivity contribution in [1.82, 2.24) is 15.1 Å². The SMILES string of the molecule is Cc1ccc(Cn2nc(C)c(/C=C3\SC(=S)NC3=O)c2C)cc1. The Balaban J connectivity index is 1.90. The maximum Gasteiger partial charge on any atom is 0.263 e. The van der Waals surface area contributed by atoms with E-state index in [0.29, 0.717) is 15.8 Å². The zero-order valence-electron chi connectivity index (χ0n) is 13.2. The van der Waals surface area contributed by atoms with Crippen LogP contribution < -0.4 is 5.32 Å². The van der Waals surface area contributed by atoms with Crippen molar-refractivity contribution in [2.75, 3.05) is 0 Å². The van der Waals surface area contributed by atoms with Crippen molar-refractivity contribution in [3.05, 3.63) is 57.2 Å². The molecule has 0 atom stereocenters. The highest BCUT2D eigenvalue weighted by atomic mass is 32.2.